The summed E-state index contributed by atoms with van der Waals surface area (Å²) in [5.41, 5.74) is 1.06. The molecule has 2 aromatic rings. The van der Waals surface area contributed by atoms with Gasteiger partial charge in [-0.2, -0.15) is 0 Å². The molecular formula is C14H15NO5. The molecule has 0 aliphatic carbocycles. The maximum Gasteiger partial charge on any atom is 0.308 e. The normalized spacial score (nSPS) is 10.6. The Balaban J connectivity index is 2.77. The molecule has 0 spiro atoms. The molecule has 106 valence electrons. The van der Waals surface area contributed by atoms with Gasteiger partial charge in [0.05, 0.1) is 26.2 Å². The Morgan fingerprint density at radius 1 is 1.25 bits per heavy atom. The molecule has 20 heavy (non-hydrogen) atoms. The number of benzene rings is 1. The van der Waals surface area contributed by atoms with Crippen molar-refractivity contribution in [1.29, 1.82) is 0 Å². The number of hydrogen-bond donors (Lipinski definition) is 2. The third kappa shape index (κ3) is 2.32. The number of ether oxygens (including phenoxy) is 2. The lowest BCUT2D eigenvalue weighted by atomic mass is 10.1. The van der Waals surface area contributed by atoms with Crippen LogP contribution >= 0.6 is 0 Å². The van der Waals surface area contributed by atoms with Crippen LogP contribution in [0.25, 0.3) is 10.9 Å². The molecule has 0 radical (unpaired) electrons. The molecule has 2 N–H and O–H groups in total. The zero-order chi connectivity index (χ0) is 14.9. The number of pyridine rings is 1. The van der Waals surface area contributed by atoms with Crippen LogP contribution < -0.4 is 14.9 Å². The van der Waals surface area contributed by atoms with Gasteiger partial charge in [-0.1, -0.05) is 0 Å². The van der Waals surface area contributed by atoms with Crippen LogP contribution in [0.5, 0.6) is 11.5 Å². The lowest BCUT2D eigenvalue weighted by Gasteiger charge is -2.11. The number of H-pyrrole nitrogens is 1. The number of carboxylic acid groups (broad SMARTS) is 1. The largest absolute Gasteiger partial charge is 0.493 e. The summed E-state index contributed by atoms with van der Waals surface area (Å²) in [5, 5.41) is 9.25. The molecule has 6 nitrogen and oxygen atoms in total. The van der Waals surface area contributed by atoms with Gasteiger partial charge in [0.25, 0.3) is 0 Å². The van der Waals surface area contributed by atoms with Gasteiger partial charge in [0, 0.05) is 22.7 Å². The first-order chi connectivity index (χ1) is 9.47. The summed E-state index contributed by atoms with van der Waals surface area (Å²) in [7, 11) is 2.98. The minimum atomic E-state index is -1.04. The van der Waals surface area contributed by atoms with Crippen molar-refractivity contribution in [2.75, 3.05) is 14.2 Å². The highest BCUT2D eigenvalue weighted by Gasteiger charge is 2.15. The van der Waals surface area contributed by atoms with E-state index >= 15 is 0 Å². The summed E-state index contributed by atoms with van der Waals surface area (Å²) in [6.07, 6.45) is -0.314. The predicted octanol–water partition coefficient (Wildman–Crippen LogP) is 1.48. The van der Waals surface area contributed by atoms with Gasteiger partial charge in [0.1, 0.15) is 0 Å². The molecule has 6 heteroatoms. The molecule has 0 saturated heterocycles. The number of fused-ring (bicyclic) bond motifs is 1. The number of methoxy groups -OCH3 is 2. The van der Waals surface area contributed by atoms with Gasteiger partial charge in [0.2, 0.25) is 0 Å². The average Bonchev–Trinajstić information content (AvgIpc) is 2.42. The number of aromatic amines is 1. The van der Waals surface area contributed by atoms with Crippen molar-refractivity contribution in [2.45, 2.75) is 13.3 Å². The number of rotatable bonds is 4. The molecule has 0 aliphatic heterocycles. The van der Waals surface area contributed by atoms with Crippen LogP contribution in [0.1, 0.15) is 11.3 Å². The van der Waals surface area contributed by atoms with Crippen LogP contribution in [0.2, 0.25) is 0 Å². The number of carbonyl (C=O) groups is 1. The zero-order valence-corrected chi connectivity index (χ0v) is 11.4. The van der Waals surface area contributed by atoms with Gasteiger partial charge in [-0.05, 0) is 13.0 Å². The molecule has 0 fully saturated rings. The van der Waals surface area contributed by atoms with E-state index in [4.69, 9.17) is 14.6 Å². The van der Waals surface area contributed by atoms with E-state index in [0.29, 0.717) is 28.1 Å². The average molecular weight is 277 g/mol. The van der Waals surface area contributed by atoms with Gasteiger partial charge in [-0.15, -0.1) is 0 Å². The number of hydrogen-bond acceptors (Lipinski definition) is 4. The molecule has 2 rings (SSSR count). The SMILES string of the molecule is COc1cc2[nH]c(C)c(CC(=O)O)c(=O)c2cc1OC. The van der Waals surface area contributed by atoms with Crippen molar-refractivity contribution < 1.29 is 19.4 Å². The first kappa shape index (κ1) is 13.9. The smallest absolute Gasteiger partial charge is 0.308 e. The molecule has 0 bridgehead atoms. The molecule has 0 amide bonds. The summed E-state index contributed by atoms with van der Waals surface area (Å²) in [5.74, 6) is -0.116. The van der Waals surface area contributed by atoms with Crippen molar-refractivity contribution in [1.82, 2.24) is 4.98 Å². The highest BCUT2D eigenvalue weighted by Crippen LogP contribution is 2.30. The lowest BCUT2D eigenvalue weighted by molar-refractivity contribution is -0.136. The van der Waals surface area contributed by atoms with Crippen molar-refractivity contribution in [3.63, 3.8) is 0 Å². The maximum atomic E-state index is 12.4. The van der Waals surface area contributed by atoms with Crippen LogP contribution in [0.4, 0.5) is 0 Å². The number of aryl methyl sites for hydroxylation is 1. The van der Waals surface area contributed by atoms with Crippen LogP contribution in [0.3, 0.4) is 0 Å². The quantitative estimate of drug-likeness (QED) is 0.883. The van der Waals surface area contributed by atoms with Crippen molar-refractivity contribution in [3.05, 3.63) is 33.6 Å². The van der Waals surface area contributed by atoms with Gasteiger partial charge < -0.3 is 19.6 Å². The Morgan fingerprint density at radius 2 is 1.85 bits per heavy atom. The third-order valence-corrected chi connectivity index (χ3v) is 3.15. The topological polar surface area (TPSA) is 88.6 Å². The van der Waals surface area contributed by atoms with E-state index in [1.165, 1.54) is 14.2 Å². The van der Waals surface area contributed by atoms with Gasteiger partial charge >= 0.3 is 5.97 Å². The summed E-state index contributed by atoms with van der Waals surface area (Å²) in [6, 6.07) is 3.21. The Morgan fingerprint density at radius 3 is 2.40 bits per heavy atom. The Hall–Kier alpha value is -2.50. The predicted molar refractivity (Wildman–Crippen MR) is 73.7 cm³/mol. The van der Waals surface area contributed by atoms with E-state index in [0.717, 1.165) is 0 Å². The van der Waals surface area contributed by atoms with Crippen molar-refractivity contribution in [3.8, 4) is 11.5 Å². The summed E-state index contributed by atoms with van der Waals surface area (Å²) in [4.78, 5) is 26.2. The standard InChI is InChI=1S/C14H15NO5/c1-7-8(5-13(16)17)14(18)9-4-11(19-2)12(20-3)6-10(9)15-7/h4,6H,5H2,1-3H3,(H,15,18)(H,16,17). The molecule has 0 atom stereocenters. The van der Waals surface area contributed by atoms with Gasteiger partial charge in [0.15, 0.2) is 16.9 Å². The van der Waals surface area contributed by atoms with E-state index in [2.05, 4.69) is 4.98 Å². The highest BCUT2D eigenvalue weighted by atomic mass is 16.5. The number of nitrogens with one attached hydrogen (secondary N) is 1. The molecule has 0 saturated carbocycles. The first-order valence-corrected chi connectivity index (χ1v) is 5.97. The van der Waals surface area contributed by atoms with E-state index in [-0.39, 0.29) is 17.4 Å². The zero-order valence-electron chi connectivity index (χ0n) is 11.4. The van der Waals surface area contributed by atoms with E-state index < -0.39 is 5.97 Å². The fraction of sp³-hybridized carbons (Fsp3) is 0.286. The Kier molecular flexibility index (Phi) is 3.65. The molecule has 1 aromatic carbocycles. The highest BCUT2D eigenvalue weighted by molar-refractivity contribution is 5.84. The summed E-state index contributed by atoms with van der Waals surface area (Å²) in [6.45, 7) is 1.68. The molecule has 1 heterocycles. The van der Waals surface area contributed by atoms with E-state index in [9.17, 15) is 9.59 Å². The number of carboxylic acids is 1. The Labute approximate surface area is 115 Å². The van der Waals surface area contributed by atoms with Crippen LogP contribution in [-0.4, -0.2) is 30.3 Å². The fourth-order valence-corrected chi connectivity index (χ4v) is 2.14. The second kappa shape index (κ2) is 5.24. The van der Waals surface area contributed by atoms with Crippen LogP contribution in [0.15, 0.2) is 16.9 Å². The van der Waals surface area contributed by atoms with Crippen molar-refractivity contribution in [2.24, 2.45) is 0 Å². The maximum absolute atomic E-state index is 12.4. The Bertz CT molecular complexity index is 732. The molecular weight excluding hydrogens is 262 g/mol. The summed E-state index contributed by atoms with van der Waals surface area (Å²) >= 11 is 0. The number of aliphatic carboxylic acids is 1. The van der Waals surface area contributed by atoms with Crippen molar-refractivity contribution >= 4 is 16.9 Å². The summed E-state index contributed by atoms with van der Waals surface area (Å²) < 4.78 is 10.3. The van der Waals surface area contributed by atoms with Gasteiger partial charge in [-0.25, -0.2) is 0 Å². The second-order valence-corrected chi connectivity index (χ2v) is 4.38. The minimum Gasteiger partial charge on any atom is -0.493 e. The van der Waals surface area contributed by atoms with E-state index in [1.807, 2.05) is 0 Å². The molecule has 0 aliphatic rings. The first-order valence-electron chi connectivity index (χ1n) is 5.97. The minimum absolute atomic E-state index is 0.247. The molecule has 1 aromatic heterocycles. The second-order valence-electron chi connectivity index (χ2n) is 4.38. The molecule has 0 unspecified atom stereocenters. The third-order valence-electron chi connectivity index (χ3n) is 3.15. The van der Waals surface area contributed by atoms with Crippen LogP contribution in [0, 0.1) is 6.92 Å². The monoisotopic (exact) mass is 277 g/mol. The number of aromatic nitrogens is 1. The lowest BCUT2D eigenvalue weighted by Crippen LogP contribution is -2.17. The fourth-order valence-electron chi connectivity index (χ4n) is 2.14. The van der Waals surface area contributed by atoms with E-state index in [1.54, 1.807) is 19.1 Å². The van der Waals surface area contributed by atoms with Gasteiger partial charge in [-0.3, -0.25) is 9.59 Å². The van der Waals surface area contributed by atoms with Crippen LogP contribution in [-0.2, 0) is 11.2 Å².